The van der Waals surface area contributed by atoms with Gasteiger partial charge in [-0.3, -0.25) is 0 Å². The summed E-state index contributed by atoms with van der Waals surface area (Å²) in [5.41, 5.74) is 0.999. The molecule has 3 aromatic rings. The topological polar surface area (TPSA) is 37.8 Å². The minimum absolute atomic E-state index is 0.204. The van der Waals surface area contributed by atoms with Gasteiger partial charge < -0.3 is 5.32 Å². The minimum Gasteiger partial charge on any atom is -0.353 e. The van der Waals surface area contributed by atoms with Crippen LogP contribution in [-0.4, -0.2) is 15.5 Å². The molecule has 2 heterocycles. The monoisotopic (exact) mass is 317 g/mol. The minimum atomic E-state index is -0.204. The highest BCUT2D eigenvalue weighted by Gasteiger charge is 2.12. The molecule has 0 aliphatic carbocycles. The van der Waals surface area contributed by atoms with Crippen LogP contribution in [0.5, 0.6) is 0 Å². The summed E-state index contributed by atoms with van der Waals surface area (Å²) in [6.07, 6.45) is 0.746. The first kappa shape index (κ1) is 14.3. The molecule has 0 saturated carbocycles. The molecule has 1 atom stereocenters. The van der Waals surface area contributed by atoms with Crippen molar-refractivity contribution in [2.45, 2.75) is 25.8 Å². The molecule has 3 rings (SSSR count). The first-order valence-corrected chi connectivity index (χ1v) is 8.06. The fraction of sp³-hybridized carbons (Fsp3) is 0.250. The smallest absolute Gasteiger partial charge is 0.139 e. The van der Waals surface area contributed by atoms with Gasteiger partial charge in [0, 0.05) is 11.3 Å². The molecule has 1 N–H and O–H groups in total. The molecule has 1 unspecified atom stereocenters. The van der Waals surface area contributed by atoms with Crippen molar-refractivity contribution in [3.63, 3.8) is 0 Å². The fourth-order valence-corrected chi connectivity index (χ4v) is 3.49. The first-order valence-electron chi connectivity index (χ1n) is 6.81. The van der Waals surface area contributed by atoms with E-state index in [1.807, 2.05) is 25.1 Å². The molecular formula is C16H16ClN3S. The number of fused-ring (bicyclic) bond motifs is 1. The lowest BCUT2D eigenvalue weighted by atomic mass is 10.1. The third-order valence-corrected chi connectivity index (χ3v) is 4.39. The quantitative estimate of drug-likeness (QED) is 0.567. The van der Waals surface area contributed by atoms with Gasteiger partial charge in [-0.2, -0.15) is 0 Å². The van der Waals surface area contributed by atoms with Crippen molar-refractivity contribution in [3.05, 3.63) is 52.7 Å². The van der Waals surface area contributed by atoms with Gasteiger partial charge in [0.05, 0.1) is 5.39 Å². The van der Waals surface area contributed by atoms with Crippen LogP contribution in [0.4, 0.5) is 5.82 Å². The van der Waals surface area contributed by atoms with Crippen molar-refractivity contribution >= 4 is 39.0 Å². The van der Waals surface area contributed by atoms with Crippen LogP contribution in [0.15, 0.2) is 36.4 Å². The van der Waals surface area contributed by atoms with E-state index in [0.717, 1.165) is 28.3 Å². The van der Waals surface area contributed by atoms with Gasteiger partial charge in [-0.05, 0) is 25.5 Å². The van der Waals surface area contributed by atoms with Crippen molar-refractivity contribution in [1.82, 2.24) is 9.97 Å². The van der Waals surface area contributed by atoms with Crippen molar-refractivity contribution in [2.24, 2.45) is 0 Å². The molecule has 0 bridgehead atoms. The Kier molecular flexibility index (Phi) is 4.08. The lowest BCUT2D eigenvalue weighted by Crippen LogP contribution is -2.16. The molecule has 0 amide bonds. The fourth-order valence-electron chi connectivity index (χ4n) is 2.28. The van der Waals surface area contributed by atoms with Crippen molar-refractivity contribution in [1.29, 1.82) is 0 Å². The maximum Gasteiger partial charge on any atom is 0.139 e. The second-order valence-corrected chi connectivity index (χ2v) is 6.76. The van der Waals surface area contributed by atoms with E-state index in [4.69, 9.17) is 11.6 Å². The summed E-state index contributed by atoms with van der Waals surface area (Å²) in [6.45, 7) is 3.98. The van der Waals surface area contributed by atoms with E-state index >= 15 is 0 Å². The molecule has 2 aromatic heterocycles. The van der Waals surface area contributed by atoms with E-state index in [-0.39, 0.29) is 5.50 Å². The number of benzene rings is 1. The molecule has 0 fully saturated rings. The zero-order valence-electron chi connectivity index (χ0n) is 11.9. The average Bonchev–Trinajstić information content (AvgIpc) is 2.80. The van der Waals surface area contributed by atoms with E-state index in [0.29, 0.717) is 0 Å². The molecule has 0 radical (unpaired) electrons. The van der Waals surface area contributed by atoms with Gasteiger partial charge in [0.1, 0.15) is 22.0 Å². The summed E-state index contributed by atoms with van der Waals surface area (Å²) in [4.78, 5) is 11.2. The van der Waals surface area contributed by atoms with Crippen LogP contribution >= 0.6 is 22.9 Å². The summed E-state index contributed by atoms with van der Waals surface area (Å²) in [6, 6.07) is 12.3. The molecule has 0 spiro atoms. The Morgan fingerprint density at radius 3 is 2.71 bits per heavy atom. The SMILES string of the molecule is Cc1nc(NC(Cl)Cc2ccccc2)c2cc(C)sc2n1. The summed E-state index contributed by atoms with van der Waals surface area (Å²) in [5, 5.41) is 4.35. The summed E-state index contributed by atoms with van der Waals surface area (Å²) < 4.78 is 0. The highest BCUT2D eigenvalue weighted by atomic mass is 35.5. The number of alkyl halides is 1. The van der Waals surface area contributed by atoms with Crippen LogP contribution in [-0.2, 0) is 6.42 Å². The van der Waals surface area contributed by atoms with Gasteiger partial charge >= 0.3 is 0 Å². The third kappa shape index (κ3) is 3.34. The Labute approximate surface area is 133 Å². The largest absolute Gasteiger partial charge is 0.353 e. The van der Waals surface area contributed by atoms with E-state index in [1.54, 1.807) is 11.3 Å². The van der Waals surface area contributed by atoms with Gasteiger partial charge in [-0.1, -0.05) is 41.9 Å². The molecule has 5 heteroatoms. The highest BCUT2D eigenvalue weighted by molar-refractivity contribution is 7.18. The van der Waals surface area contributed by atoms with Gasteiger partial charge in [-0.25, -0.2) is 9.97 Å². The number of aromatic nitrogens is 2. The number of aryl methyl sites for hydroxylation is 2. The van der Waals surface area contributed by atoms with Gasteiger partial charge in [0.15, 0.2) is 0 Å². The number of thiophene rings is 1. The van der Waals surface area contributed by atoms with Crippen LogP contribution in [0.2, 0.25) is 0 Å². The summed E-state index contributed by atoms with van der Waals surface area (Å²) >= 11 is 8.12. The Morgan fingerprint density at radius 1 is 1.19 bits per heavy atom. The molecule has 0 saturated heterocycles. The normalized spacial score (nSPS) is 12.5. The lowest BCUT2D eigenvalue weighted by molar-refractivity contribution is 0.930. The Hall–Kier alpha value is -1.65. The van der Waals surface area contributed by atoms with Crippen LogP contribution in [0.3, 0.4) is 0 Å². The second-order valence-electron chi connectivity index (χ2n) is 5.00. The lowest BCUT2D eigenvalue weighted by Gasteiger charge is -2.13. The van der Waals surface area contributed by atoms with E-state index < -0.39 is 0 Å². The van der Waals surface area contributed by atoms with Gasteiger partial charge in [-0.15, -0.1) is 11.3 Å². The van der Waals surface area contributed by atoms with Crippen LogP contribution < -0.4 is 5.32 Å². The van der Waals surface area contributed by atoms with E-state index in [1.165, 1.54) is 10.4 Å². The van der Waals surface area contributed by atoms with Gasteiger partial charge in [0.2, 0.25) is 0 Å². The highest BCUT2D eigenvalue weighted by Crippen LogP contribution is 2.29. The van der Waals surface area contributed by atoms with E-state index in [2.05, 4.69) is 40.4 Å². The first-order chi connectivity index (χ1) is 10.1. The maximum absolute atomic E-state index is 6.44. The maximum atomic E-state index is 6.44. The Bertz CT molecular complexity index is 755. The van der Waals surface area contributed by atoms with E-state index in [9.17, 15) is 0 Å². The summed E-state index contributed by atoms with van der Waals surface area (Å²) in [5.74, 6) is 1.58. The predicted molar refractivity (Wildman–Crippen MR) is 90.3 cm³/mol. The molecule has 21 heavy (non-hydrogen) atoms. The molecule has 108 valence electrons. The number of hydrogen-bond acceptors (Lipinski definition) is 4. The van der Waals surface area contributed by atoms with Crippen LogP contribution in [0.25, 0.3) is 10.2 Å². The standard InChI is InChI=1S/C16H16ClN3S/c1-10-8-13-15(18-11(2)19-16(13)21-10)20-14(17)9-12-6-4-3-5-7-12/h3-8,14H,9H2,1-2H3,(H,18,19,20). The molecule has 0 aliphatic rings. The van der Waals surface area contributed by atoms with Crippen LogP contribution in [0, 0.1) is 13.8 Å². The molecular weight excluding hydrogens is 302 g/mol. The van der Waals surface area contributed by atoms with Crippen molar-refractivity contribution < 1.29 is 0 Å². The molecule has 0 aliphatic heterocycles. The Balaban J connectivity index is 1.84. The number of hydrogen-bond donors (Lipinski definition) is 1. The number of anilines is 1. The predicted octanol–water partition coefficient (Wildman–Crippen LogP) is 4.53. The number of halogens is 1. The molecule has 3 nitrogen and oxygen atoms in total. The average molecular weight is 318 g/mol. The van der Waals surface area contributed by atoms with Crippen molar-refractivity contribution in [2.75, 3.05) is 5.32 Å². The summed E-state index contributed by atoms with van der Waals surface area (Å²) in [7, 11) is 0. The third-order valence-electron chi connectivity index (χ3n) is 3.18. The number of nitrogens with zero attached hydrogens (tertiary/aromatic N) is 2. The number of rotatable bonds is 4. The Morgan fingerprint density at radius 2 is 1.95 bits per heavy atom. The van der Waals surface area contributed by atoms with Crippen molar-refractivity contribution in [3.8, 4) is 0 Å². The zero-order valence-corrected chi connectivity index (χ0v) is 13.5. The number of nitrogens with one attached hydrogen (secondary N) is 1. The zero-order chi connectivity index (χ0) is 14.8. The molecule has 1 aromatic carbocycles. The van der Waals surface area contributed by atoms with Gasteiger partial charge in [0.25, 0.3) is 0 Å². The van der Waals surface area contributed by atoms with Crippen LogP contribution in [0.1, 0.15) is 16.3 Å². The second kappa shape index (κ2) is 6.00.